The number of anilines is 1. The van der Waals surface area contributed by atoms with Crippen LogP contribution in [0.2, 0.25) is 0 Å². The van der Waals surface area contributed by atoms with Gasteiger partial charge in [0.25, 0.3) is 0 Å². The van der Waals surface area contributed by atoms with E-state index < -0.39 is 0 Å². The largest absolute Gasteiger partial charge is 0.460 e. The summed E-state index contributed by atoms with van der Waals surface area (Å²) in [6.07, 6.45) is 6.34. The predicted octanol–water partition coefficient (Wildman–Crippen LogP) is 1.47. The average molecular weight is 336 g/mol. The molecule has 0 aromatic carbocycles. The normalized spacial score (nSPS) is 18.0. The molecule has 0 amide bonds. The molecule has 1 aliphatic rings. The lowest BCUT2D eigenvalue weighted by molar-refractivity contribution is -0.00810. The van der Waals surface area contributed by atoms with Crippen molar-refractivity contribution in [2.45, 2.75) is 31.8 Å². The van der Waals surface area contributed by atoms with E-state index >= 15 is 0 Å². The van der Waals surface area contributed by atoms with Crippen LogP contribution in [0.5, 0.6) is 6.01 Å². The molecule has 2 aromatic heterocycles. The van der Waals surface area contributed by atoms with Crippen molar-refractivity contribution in [3.63, 3.8) is 0 Å². The number of nitrogens with two attached hydrogens (primary N) is 1. The number of nitrogens with zero attached hydrogens (tertiary/aromatic N) is 3. The maximum atomic E-state index is 9.44. The number of aliphatic hydroxyl groups excluding tert-OH is 2. The minimum absolute atomic E-state index is 0.00278. The first kappa shape index (κ1) is 16.1. The van der Waals surface area contributed by atoms with E-state index in [1.54, 1.807) is 18.5 Å². The Kier molecular flexibility index (Phi) is 4.74. The smallest absolute Gasteiger partial charge is 0.317 e. The topological polar surface area (TPSA) is 114 Å². The van der Waals surface area contributed by atoms with Crippen LogP contribution in [0.3, 0.4) is 0 Å². The lowest BCUT2D eigenvalue weighted by atomic mass is 9.74. The van der Waals surface area contributed by atoms with E-state index in [9.17, 15) is 10.2 Å². The minimum atomic E-state index is -0.372. The highest BCUT2D eigenvalue weighted by atomic mass is 32.1. The molecule has 0 aliphatic heterocycles. The van der Waals surface area contributed by atoms with Gasteiger partial charge in [-0.2, -0.15) is 4.98 Å². The third kappa shape index (κ3) is 3.60. The van der Waals surface area contributed by atoms with Crippen molar-refractivity contribution in [2.24, 2.45) is 5.41 Å². The van der Waals surface area contributed by atoms with Gasteiger partial charge in [-0.05, 0) is 31.7 Å². The highest BCUT2D eigenvalue weighted by Gasteiger charge is 2.35. The van der Waals surface area contributed by atoms with Crippen LogP contribution >= 0.6 is 11.3 Å². The zero-order valence-corrected chi connectivity index (χ0v) is 13.5. The Bertz CT molecular complexity index is 650. The van der Waals surface area contributed by atoms with Crippen molar-refractivity contribution < 1.29 is 14.9 Å². The van der Waals surface area contributed by atoms with Crippen LogP contribution in [0.1, 0.15) is 25.7 Å². The Balaban J connectivity index is 1.65. The number of rotatable bonds is 5. The first-order chi connectivity index (χ1) is 11.1. The van der Waals surface area contributed by atoms with Gasteiger partial charge < -0.3 is 20.7 Å². The second-order valence-electron chi connectivity index (χ2n) is 5.92. The van der Waals surface area contributed by atoms with Gasteiger partial charge in [-0.15, -0.1) is 0 Å². The molecule has 0 saturated heterocycles. The van der Waals surface area contributed by atoms with Gasteiger partial charge in [0.05, 0.1) is 23.8 Å². The molecule has 1 fully saturated rings. The molecule has 0 radical (unpaired) electrons. The molecule has 0 spiro atoms. The Labute approximate surface area is 138 Å². The fourth-order valence-corrected chi connectivity index (χ4v) is 3.43. The fraction of sp³-hybridized carbons (Fsp3) is 0.533. The first-order valence-electron chi connectivity index (χ1n) is 7.57. The quantitative estimate of drug-likeness (QED) is 0.757. The number of ether oxygens (including phenoxy) is 1. The van der Waals surface area contributed by atoms with Crippen molar-refractivity contribution in [2.75, 3.05) is 18.9 Å². The Morgan fingerprint density at radius 3 is 2.61 bits per heavy atom. The number of aliphatic hydroxyl groups is 2. The second kappa shape index (κ2) is 6.77. The number of thiazole rings is 1. The molecule has 2 aromatic rings. The molecule has 8 heteroatoms. The van der Waals surface area contributed by atoms with Gasteiger partial charge in [-0.3, -0.25) is 0 Å². The van der Waals surface area contributed by atoms with Gasteiger partial charge >= 0.3 is 6.01 Å². The molecule has 1 saturated carbocycles. The van der Waals surface area contributed by atoms with E-state index in [4.69, 9.17) is 10.5 Å². The number of hydrogen-bond donors (Lipinski definition) is 3. The maximum absolute atomic E-state index is 9.44. The summed E-state index contributed by atoms with van der Waals surface area (Å²) in [5, 5.41) is 19.4. The van der Waals surface area contributed by atoms with Gasteiger partial charge in [0.2, 0.25) is 0 Å². The molecule has 0 unspecified atom stereocenters. The lowest BCUT2D eigenvalue weighted by Gasteiger charge is -2.36. The summed E-state index contributed by atoms with van der Waals surface area (Å²) in [5.74, 6) is 0. The van der Waals surface area contributed by atoms with E-state index in [0.29, 0.717) is 11.1 Å². The lowest BCUT2D eigenvalue weighted by Crippen LogP contribution is -2.37. The van der Waals surface area contributed by atoms with Crippen LogP contribution in [0.25, 0.3) is 10.6 Å². The Hall–Kier alpha value is -1.77. The summed E-state index contributed by atoms with van der Waals surface area (Å²) < 4.78 is 5.87. The molecule has 0 bridgehead atoms. The Morgan fingerprint density at radius 2 is 2.00 bits per heavy atom. The van der Waals surface area contributed by atoms with Crippen molar-refractivity contribution >= 4 is 16.5 Å². The maximum Gasteiger partial charge on any atom is 0.317 e. The molecule has 4 N–H and O–H groups in total. The van der Waals surface area contributed by atoms with Gasteiger partial charge in [-0.25, -0.2) is 9.97 Å². The van der Waals surface area contributed by atoms with Crippen LogP contribution in [0, 0.1) is 5.41 Å². The summed E-state index contributed by atoms with van der Waals surface area (Å²) in [6.45, 7) is 0.0179. The molecule has 7 nitrogen and oxygen atoms in total. The third-order valence-corrected chi connectivity index (χ3v) is 5.19. The molecule has 3 rings (SSSR count). The summed E-state index contributed by atoms with van der Waals surface area (Å²) in [6, 6.07) is 2.13. The van der Waals surface area contributed by atoms with E-state index in [1.165, 1.54) is 11.3 Å². The zero-order valence-electron chi connectivity index (χ0n) is 12.7. The first-order valence-corrected chi connectivity index (χ1v) is 8.39. The minimum Gasteiger partial charge on any atom is -0.460 e. The SMILES string of the molecule is Nc1ncc(-c2ccnc(OC3CCC(CO)(CO)CC3)n2)s1. The van der Waals surface area contributed by atoms with Crippen molar-refractivity contribution in [3.8, 4) is 16.6 Å². The number of nitrogen functional groups attached to an aromatic ring is 1. The van der Waals surface area contributed by atoms with Crippen LogP contribution in [0.4, 0.5) is 5.13 Å². The zero-order chi connectivity index (χ0) is 16.3. The van der Waals surface area contributed by atoms with Crippen molar-refractivity contribution in [1.82, 2.24) is 15.0 Å². The van der Waals surface area contributed by atoms with Crippen molar-refractivity contribution in [1.29, 1.82) is 0 Å². The van der Waals surface area contributed by atoms with E-state index in [0.717, 1.165) is 36.3 Å². The van der Waals surface area contributed by atoms with Gasteiger partial charge in [0, 0.05) is 17.8 Å². The van der Waals surface area contributed by atoms with E-state index in [-0.39, 0.29) is 24.7 Å². The molecular formula is C15H20N4O3S. The van der Waals surface area contributed by atoms with Gasteiger partial charge in [-0.1, -0.05) is 11.3 Å². The highest BCUT2D eigenvalue weighted by Crippen LogP contribution is 2.36. The second-order valence-corrected chi connectivity index (χ2v) is 6.98. The van der Waals surface area contributed by atoms with E-state index in [2.05, 4.69) is 15.0 Å². The van der Waals surface area contributed by atoms with Crippen LogP contribution in [-0.4, -0.2) is 44.5 Å². The average Bonchev–Trinajstić information content (AvgIpc) is 3.03. The number of hydrogen-bond acceptors (Lipinski definition) is 8. The molecule has 124 valence electrons. The summed E-state index contributed by atoms with van der Waals surface area (Å²) in [7, 11) is 0. The highest BCUT2D eigenvalue weighted by molar-refractivity contribution is 7.18. The summed E-state index contributed by atoms with van der Waals surface area (Å²) in [4.78, 5) is 13.5. The molecule has 2 heterocycles. The third-order valence-electron chi connectivity index (χ3n) is 4.35. The molecule has 23 heavy (non-hydrogen) atoms. The summed E-state index contributed by atoms with van der Waals surface area (Å²) in [5.41, 5.74) is 6.01. The Morgan fingerprint density at radius 1 is 1.26 bits per heavy atom. The summed E-state index contributed by atoms with van der Waals surface area (Å²) >= 11 is 1.37. The van der Waals surface area contributed by atoms with Gasteiger partial charge in [0.1, 0.15) is 6.10 Å². The molecule has 0 atom stereocenters. The monoisotopic (exact) mass is 336 g/mol. The van der Waals surface area contributed by atoms with Crippen LogP contribution in [-0.2, 0) is 0 Å². The molecular weight excluding hydrogens is 316 g/mol. The predicted molar refractivity (Wildman–Crippen MR) is 87.0 cm³/mol. The van der Waals surface area contributed by atoms with E-state index in [1.807, 2.05) is 0 Å². The van der Waals surface area contributed by atoms with Gasteiger partial charge in [0.15, 0.2) is 5.13 Å². The fourth-order valence-electron chi connectivity index (χ4n) is 2.78. The van der Waals surface area contributed by atoms with Crippen LogP contribution < -0.4 is 10.5 Å². The standard InChI is InChI=1S/C15H20N4O3S/c16-13-18-7-12(23-13)11-3-6-17-14(19-11)22-10-1-4-15(8-20,9-21)5-2-10/h3,6-7,10,20-21H,1-2,4-5,8-9H2,(H2,16,18). The van der Waals surface area contributed by atoms with Crippen LogP contribution in [0.15, 0.2) is 18.5 Å². The molecule has 1 aliphatic carbocycles. The number of aromatic nitrogens is 3. The van der Waals surface area contributed by atoms with Crippen molar-refractivity contribution in [3.05, 3.63) is 18.5 Å².